The number of carbonyl (C=O) groups excluding carboxylic acids is 1. The molecule has 0 radical (unpaired) electrons. The zero-order valence-electron chi connectivity index (χ0n) is 14.0. The molecule has 5 heteroatoms. The highest BCUT2D eigenvalue weighted by atomic mass is 32.1. The van der Waals surface area contributed by atoms with E-state index in [0.717, 1.165) is 12.1 Å². The van der Waals surface area contributed by atoms with Crippen LogP contribution in [0, 0.1) is 6.92 Å². The van der Waals surface area contributed by atoms with Gasteiger partial charge in [-0.15, -0.1) is 11.3 Å². The van der Waals surface area contributed by atoms with Crippen molar-refractivity contribution < 1.29 is 9.90 Å². The van der Waals surface area contributed by atoms with Gasteiger partial charge in [0.05, 0.1) is 13.0 Å². The fourth-order valence-electron chi connectivity index (χ4n) is 2.25. The molecule has 1 N–H and O–H groups in total. The highest BCUT2D eigenvalue weighted by Gasteiger charge is 2.16. The molecule has 2 aromatic rings. The topological polar surface area (TPSA) is 43.8 Å². The molecule has 0 aliphatic heterocycles. The van der Waals surface area contributed by atoms with Gasteiger partial charge in [0.25, 0.3) is 0 Å². The second-order valence-electron chi connectivity index (χ2n) is 5.99. The first-order chi connectivity index (χ1) is 11.0. The van der Waals surface area contributed by atoms with Gasteiger partial charge in [0.1, 0.15) is 5.75 Å². The summed E-state index contributed by atoms with van der Waals surface area (Å²) < 4.78 is 0. The first-order valence-corrected chi connectivity index (χ1v) is 8.57. The molecule has 0 fully saturated rings. The number of hydrogen-bond acceptors (Lipinski definition) is 4. The Morgan fingerprint density at radius 1 is 1.13 bits per heavy atom. The Hall–Kier alpha value is -1.85. The summed E-state index contributed by atoms with van der Waals surface area (Å²) >= 11 is 1.70. The van der Waals surface area contributed by atoms with Crippen molar-refractivity contribution in [3.8, 4) is 5.75 Å². The minimum absolute atomic E-state index is 0.116. The molecule has 4 nitrogen and oxygen atoms in total. The van der Waals surface area contributed by atoms with E-state index in [4.69, 9.17) is 0 Å². The number of likely N-dealkylation sites (N-methyl/N-ethyl adjacent to an activating group) is 1. The Kier molecular flexibility index (Phi) is 6.19. The van der Waals surface area contributed by atoms with Crippen molar-refractivity contribution in [2.24, 2.45) is 0 Å². The summed E-state index contributed by atoms with van der Waals surface area (Å²) in [6, 6.07) is 8.93. The first kappa shape index (κ1) is 17.5. The lowest BCUT2D eigenvalue weighted by atomic mass is 10.1. The van der Waals surface area contributed by atoms with Crippen molar-refractivity contribution in [2.75, 3.05) is 27.2 Å². The average Bonchev–Trinajstić information content (AvgIpc) is 2.90. The van der Waals surface area contributed by atoms with Gasteiger partial charge in [-0.2, -0.15) is 0 Å². The Morgan fingerprint density at radius 2 is 1.83 bits per heavy atom. The van der Waals surface area contributed by atoms with Crippen LogP contribution in [0.15, 0.2) is 35.7 Å². The van der Waals surface area contributed by atoms with E-state index in [1.165, 1.54) is 10.4 Å². The molecule has 124 valence electrons. The van der Waals surface area contributed by atoms with Gasteiger partial charge < -0.3 is 14.9 Å². The maximum atomic E-state index is 12.7. The largest absolute Gasteiger partial charge is 0.508 e. The third kappa shape index (κ3) is 5.37. The van der Waals surface area contributed by atoms with Gasteiger partial charge in [-0.25, -0.2) is 0 Å². The molecular weight excluding hydrogens is 308 g/mol. The lowest BCUT2D eigenvalue weighted by Crippen LogP contribution is -2.37. The van der Waals surface area contributed by atoms with Gasteiger partial charge >= 0.3 is 0 Å². The quantitative estimate of drug-likeness (QED) is 0.848. The van der Waals surface area contributed by atoms with Crippen LogP contribution in [0.4, 0.5) is 0 Å². The molecular formula is C18H24N2O2S. The summed E-state index contributed by atoms with van der Waals surface area (Å²) in [4.78, 5) is 17.9. The fourth-order valence-corrected chi connectivity index (χ4v) is 3.17. The average molecular weight is 332 g/mol. The van der Waals surface area contributed by atoms with E-state index in [2.05, 4.69) is 23.3 Å². The summed E-state index contributed by atoms with van der Waals surface area (Å²) in [5.41, 5.74) is 2.16. The highest BCUT2D eigenvalue weighted by Crippen LogP contribution is 2.19. The van der Waals surface area contributed by atoms with Crippen molar-refractivity contribution in [2.45, 2.75) is 19.9 Å². The smallest absolute Gasteiger partial charge is 0.227 e. The standard InChI is InChI=1S/C18H24N2O2S/c1-14-8-11-23-17(14)13-20(10-9-19(2)3)18(22)12-15-4-6-16(21)7-5-15/h4-8,11,21H,9-10,12-13H2,1-3H3. The first-order valence-electron chi connectivity index (χ1n) is 7.69. The van der Waals surface area contributed by atoms with Crippen LogP contribution in [-0.2, 0) is 17.8 Å². The zero-order chi connectivity index (χ0) is 16.8. The molecule has 2 rings (SSSR count). The van der Waals surface area contributed by atoms with Crippen LogP contribution >= 0.6 is 11.3 Å². The van der Waals surface area contributed by atoms with E-state index < -0.39 is 0 Å². The summed E-state index contributed by atoms with van der Waals surface area (Å²) in [6.45, 7) is 4.29. The second-order valence-corrected chi connectivity index (χ2v) is 6.99. The van der Waals surface area contributed by atoms with Gasteiger partial charge in [-0.05, 0) is 55.7 Å². The zero-order valence-corrected chi connectivity index (χ0v) is 14.8. The molecule has 23 heavy (non-hydrogen) atoms. The van der Waals surface area contributed by atoms with Crippen LogP contribution in [0.1, 0.15) is 16.0 Å². The predicted octanol–water partition coefficient (Wildman–Crippen LogP) is 2.90. The summed E-state index contributed by atoms with van der Waals surface area (Å²) in [7, 11) is 4.03. The minimum Gasteiger partial charge on any atom is -0.508 e. The second kappa shape index (κ2) is 8.13. The third-order valence-electron chi connectivity index (χ3n) is 3.76. The van der Waals surface area contributed by atoms with Gasteiger partial charge in [0, 0.05) is 18.0 Å². The van der Waals surface area contributed by atoms with Crippen molar-refractivity contribution in [3.63, 3.8) is 0 Å². The Labute approximate surface area is 142 Å². The van der Waals surface area contributed by atoms with E-state index in [-0.39, 0.29) is 11.7 Å². The lowest BCUT2D eigenvalue weighted by molar-refractivity contribution is -0.131. The maximum absolute atomic E-state index is 12.7. The van der Waals surface area contributed by atoms with Crippen LogP contribution in [0.2, 0.25) is 0 Å². The molecule has 0 bridgehead atoms. The van der Waals surface area contributed by atoms with E-state index in [9.17, 15) is 9.90 Å². The molecule has 0 unspecified atom stereocenters. The molecule has 0 aliphatic rings. The van der Waals surface area contributed by atoms with Gasteiger partial charge in [-0.3, -0.25) is 4.79 Å². The molecule has 1 aromatic carbocycles. The van der Waals surface area contributed by atoms with Crippen molar-refractivity contribution in [1.29, 1.82) is 0 Å². The van der Waals surface area contributed by atoms with Crippen LogP contribution in [0.5, 0.6) is 5.75 Å². The number of benzene rings is 1. The lowest BCUT2D eigenvalue weighted by Gasteiger charge is -2.24. The van der Waals surface area contributed by atoms with E-state index in [1.807, 2.05) is 19.0 Å². The number of aryl methyl sites for hydroxylation is 1. The highest BCUT2D eigenvalue weighted by molar-refractivity contribution is 7.10. The van der Waals surface area contributed by atoms with Crippen LogP contribution in [0.3, 0.4) is 0 Å². The van der Waals surface area contributed by atoms with E-state index >= 15 is 0 Å². The number of phenolic OH excluding ortho intramolecular Hbond substituents is 1. The Bertz CT molecular complexity index is 635. The van der Waals surface area contributed by atoms with Crippen molar-refractivity contribution in [1.82, 2.24) is 9.80 Å². The van der Waals surface area contributed by atoms with Crippen LogP contribution in [0.25, 0.3) is 0 Å². The van der Waals surface area contributed by atoms with E-state index in [0.29, 0.717) is 19.5 Å². The minimum atomic E-state index is 0.116. The SMILES string of the molecule is Cc1ccsc1CN(CCN(C)C)C(=O)Cc1ccc(O)cc1. The monoisotopic (exact) mass is 332 g/mol. The molecule has 0 saturated heterocycles. The fraction of sp³-hybridized carbons (Fsp3) is 0.389. The molecule has 1 aromatic heterocycles. The number of rotatable bonds is 7. The van der Waals surface area contributed by atoms with Crippen LogP contribution < -0.4 is 0 Å². The molecule has 0 spiro atoms. The molecule has 1 amide bonds. The number of aromatic hydroxyl groups is 1. The number of amides is 1. The van der Waals surface area contributed by atoms with Gasteiger partial charge in [0.15, 0.2) is 0 Å². The summed E-state index contributed by atoms with van der Waals surface area (Å²) in [5.74, 6) is 0.338. The number of thiophene rings is 1. The molecule has 0 atom stereocenters. The molecule has 0 aliphatic carbocycles. The van der Waals surface area contributed by atoms with Crippen molar-refractivity contribution >= 4 is 17.2 Å². The Balaban J connectivity index is 2.06. The van der Waals surface area contributed by atoms with E-state index in [1.54, 1.807) is 35.6 Å². The van der Waals surface area contributed by atoms with Gasteiger partial charge in [0.2, 0.25) is 5.91 Å². The van der Waals surface area contributed by atoms with Gasteiger partial charge in [-0.1, -0.05) is 12.1 Å². The van der Waals surface area contributed by atoms with Crippen LogP contribution in [-0.4, -0.2) is 48.0 Å². The maximum Gasteiger partial charge on any atom is 0.227 e. The molecule has 1 heterocycles. The predicted molar refractivity (Wildman–Crippen MR) is 94.8 cm³/mol. The number of carbonyl (C=O) groups is 1. The summed E-state index contributed by atoms with van der Waals surface area (Å²) in [6.07, 6.45) is 0.359. The number of hydrogen-bond donors (Lipinski definition) is 1. The van der Waals surface area contributed by atoms with Crippen molar-refractivity contribution in [3.05, 3.63) is 51.7 Å². The third-order valence-corrected chi connectivity index (χ3v) is 4.77. The number of nitrogens with zero attached hydrogens (tertiary/aromatic N) is 2. The summed E-state index contributed by atoms with van der Waals surface area (Å²) in [5, 5.41) is 11.4. The molecule has 0 saturated carbocycles. The number of phenols is 1. The normalized spacial score (nSPS) is 11.0. The Morgan fingerprint density at radius 3 is 2.39 bits per heavy atom.